The van der Waals surface area contributed by atoms with Crippen LogP contribution in [0.4, 0.5) is 5.69 Å². The fourth-order valence-electron chi connectivity index (χ4n) is 2.99. The topological polar surface area (TPSA) is 62.2 Å². The molecular formula is C24H25ClN2O2. The Morgan fingerprint density at radius 1 is 1.07 bits per heavy atom. The molecule has 0 aliphatic heterocycles. The molecule has 2 N–H and O–H groups in total. The maximum Gasteiger partial charge on any atom is 0.255 e. The van der Waals surface area contributed by atoms with Crippen molar-refractivity contribution in [1.29, 1.82) is 0 Å². The van der Waals surface area contributed by atoms with E-state index in [1.807, 2.05) is 43.3 Å². The lowest BCUT2D eigenvalue weighted by molar-refractivity contribution is 0.102. The van der Waals surface area contributed by atoms with Crippen LogP contribution in [0.2, 0.25) is 5.02 Å². The second-order valence-corrected chi connectivity index (χ2v) is 8.62. The van der Waals surface area contributed by atoms with Gasteiger partial charge in [0, 0.05) is 11.8 Å². The van der Waals surface area contributed by atoms with E-state index in [0.29, 0.717) is 27.5 Å². The zero-order chi connectivity index (χ0) is 21.2. The third kappa shape index (κ3) is 5.03. The smallest absolute Gasteiger partial charge is 0.255 e. The largest absolute Gasteiger partial charge is 0.382 e. The van der Waals surface area contributed by atoms with Crippen molar-refractivity contribution in [2.24, 2.45) is 0 Å². The lowest BCUT2D eigenvalue weighted by Crippen LogP contribution is -2.16. The van der Waals surface area contributed by atoms with Crippen molar-refractivity contribution >= 4 is 23.2 Å². The van der Waals surface area contributed by atoms with Crippen molar-refractivity contribution in [3.8, 4) is 0 Å². The van der Waals surface area contributed by atoms with Crippen molar-refractivity contribution < 1.29 is 9.90 Å². The molecule has 3 rings (SSSR count). The number of pyridine rings is 1. The van der Waals surface area contributed by atoms with Crippen LogP contribution in [0.1, 0.15) is 59.6 Å². The van der Waals surface area contributed by atoms with Gasteiger partial charge in [-0.25, -0.2) is 0 Å². The van der Waals surface area contributed by atoms with Gasteiger partial charge in [-0.3, -0.25) is 9.78 Å². The minimum Gasteiger partial charge on any atom is -0.382 e. The Kier molecular flexibility index (Phi) is 6.06. The molecule has 1 atom stereocenters. The van der Waals surface area contributed by atoms with Gasteiger partial charge in [0.05, 0.1) is 16.4 Å². The molecule has 150 valence electrons. The zero-order valence-electron chi connectivity index (χ0n) is 17.0. The molecule has 4 nitrogen and oxygen atoms in total. The third-order valence-electron chi connectivity index (χ3n) is 4.80. The summed E-state index contributed by atoms with van der Waals surface area (Å²) in [6.45, 7) is 8.35. The van der Waals surface area contributed by atoms with Gasteiger partial charge in [0.25, 0.3) is 5.91 Å². The first kappa shape index (κ1) is 21.0. The minimum absolute atomic E-state index is 0.0111. The van der Waals surface area contributed by atoms with Crippen molar-refractivity contribution in [3.63, 3.8) is 0 Å². The quantitative estimate of drug-likeness (QED) is 0.584. The number of aliphatic hydroxyl groups is 1. The number of nitrogens with one attached hydrogen (secondary N) is 1. The van der Waals surface area contributed by atoms with E-state index >= 15 is 0 Å². The van der Waals surface area contributed by atoms with Crippen molar-refractivity contribution in [2.45, 2.75) is 39.2 Å². The lowest BCUT2D eigenvalue weighted by Gasteiger charge is -2.19. The summed E-state index contributed by atoms with van der Waals surface area (Å²) < 4.78 is 0. The van der Waals surface area contributed by atoms with E-state index in [1.165, 1.54) is 6.20 Å². The van der Waals surface area contributed by atoms with Gasteiger partial charge in [-0.05, 0) is 41.7 Å². The highest BCUT2D eigenvalue weighted by Crippen LogP contribution is 2.29. The van der Waals surface area contributed by atoms with E-state index in [9.17, 15) is 9.90 Å². The lowest BCUT2D eigenvalue weighted by atomic mass is 9.86. The standard InChI is InChI=1S/C24H25ClN2O2/c1-15-5-7-16(8-6-15)22(28)21-20(13-19(25)14-26-21)27-23(29)17-9-11-18(12-10-17)24(2,3)4/h5-14,22,28H,1-4H3,(H,27,29). The summed E-state index contributed by atoms with van der Waals surface area (Å²) in [5, 5.41) is 14.0. The first-order valence-corrected chi connectivity index (χ1v) is 9.85. The van der Waals surface area contributed by atoms with E-state index in [4.69, 9.17) is 11.6 Å². The number of aliphatic hydroxyl groups excluding tert-OH is 1. The average Bonchev–Trinajstić information content (AvgIpc) is 2.67. The molecular weight excluding hydrogens is 384 g/mol. The van der Waals surface area contributed by atoms with Gasteiger partial charge in [-0.1, -0.05) is 74.3 Å². The highest BCUT2D eigenvalue weighted by atomic mass is 35.5. The molecule has 0 aliphatic rings. The molecule has 1 aromatic heterocycles. The molecule has 0 saturated heterocycles. The number of amides is 1. The van der Waals surface area contributed by atoms with E-state index in [1.54, 1.807) is 18.2 Å². The van der Waals surface area contributed by atoms with Gasteiger partial charge in [0.1, 0.15) is 6.10 Å². The molecule has 1 amide bonds. The normalized spacial score (nSPS) is 12.5. The number of carbonyl (C=O) groups is 1. The monoisotopic (exact) mass is 408 g/mol. The molecule has 0 fully saturated rings. The molecule has 5 heteroatoms. The number of aryl methyl sites for hydroxylation is 1. The number of hydrogen-bond acceptors (Lipinski definition) is 3. The molecule has 0 aliphatic carbocycles. The van der Waals surface area contributed by atoms with Gasteiger partial charge in [-0.15, -0.1) is 0 Å². The highest BCUT2D eigenvalue weighted by Gasteiger charge is 2.20. The fourth-order valence-corrected chi connectivity index (χ4v) is 3.15. The molecule has 1 heterocycles. The van der Waals surface area contributed by atoms with Crippen molar-refractivity contribution in [1.82, 2.24) is 4.98 Å². The number of carbonyl (C=O) groups excluding carboxylic acids is 1. The number of aromatic nitrogens is 1. The van der Waals surface area contributed by atoms with Crippen molar-refractivity contribution in [2.75, 3.05) is 5.32 Å². The van der Waals surface area contributed by atoms with E-state index in [2.05, 4.69) is 31.1 Å². The first-order chi connectivity index (χ1) is 13.6. The summed E-state index contributed by atoms with van der Waals surface area (Å²) in [6, 6.07) is 16.6. The maximum absolute atomic E-state index is 12.8. The Labute approximate surface area is 176 Å². The Balaban J connectivity index is 1.87. The number of halogens is 1. The highest BCUT2D eigenvalue weighted by molar-refractivity contribution is 6.30. The molecule has 0 bridgehead atoms. The summed E-state index contributed by atoms with van der Waals surface area (Å²) in [4.78, 5) is 17.1. The molecule has 0 saturated carbocycles. The van der Waals surface area contributed by atoms with Gasteiger partial charge < -0.3 is 10.4 Å². The minimum atomic E-state index is -0.980. The van der Waals surface area contributed by atoms with Crippen LogP contribution in [0, 0.1) is 6.92 Å². The first-order valence-electron chi connectivity index (χ1n) is 9.47. The maximum atomic E-state index is 12.8. The second kappa shape index (κ2) is 8.36. The van der Waals surface area contributed by atoms with Crippen molar-refractivity contribution in [3.05, 3.63) is 93.8 Å². The fraction of sp³-hybridized carbons (Fsp3) is 0.250. The van der Waals surface area contributed by atoms with Gasteiger partial charge in [0.2, 0.25) is 0 Å². The van der Waals surface area contributed by atoms with Gasteiger partial charge in [-0.2, -0.15) is 0 Å². The van der Waals surface area contributed by atoms with Crippen LogP contribution >= 0.6 is 11.6 Å². The summed E-state index contributed by atoms with van der Waals surface area (Å²) >= 11 is 6.09. The average molecular weight is 409 g/mol. The number of nitrogens with zero attached hydrogens (tertiary/aromatic N) is 1. The summed E-state index contributed by atoms with van der Waals surface area (Å²) in [5.74, 6) is -0.285. The number of anilines is 1. The van der Waals surface area contributed by atoms with Crippen LogP contribution in [0.25, 0.3) is 0 Å². The van der Waals surface area contributed by atoms with Crippen LogP contribution in [-0.4, -0.2) is 16.0 Å². The molecule has 3 aromatic rings. The predicted molar refractivity (Wildman–Crippen MR) is 118 cm³/mol. The third-order valence-corrected chi connectivity index (χ3v) is 5.01. The second-order valence-electron chi connectivity index (χ2n) is 8.18. The Morgan fingerprint density at radius 2 is 1.69 bits per heavy atom. The van der Waals surface area contributed by atoms with E-state index < -0.39 is 6.10 Å². The molecule has 1 unspecified atom stereocenters. The zero-order valence-corrected chi connectivity index (χ0v) is 17.8. The number of rotatable bonds is 4. The summed E-state index contributed by atoms with van der Waals surface area (Å²) in [5.41, 5.74) is 4.20. The van der Waals surface area contributed by atoms with Crippen LogP contribution in [0.15, 0.2) is 60.8 Å². The van der Waals surface area contributed by atoms with Crippen LogP contribution in [0.3, 0.4) is 0 Å². The molecule has 29 heavy (non-hydrogen) atoms. The van der Waals surface area contributed by atoms with Crippen LogP contribution < -0.4 is 5.32 Å². The summed E-state index contributed by atoms with van der Waals surface area (Å²) in [6.07, 6.45) is 0.480. The predicted octanol–water partition coefficient (Wildman–Crippen LogP) is 5.67. The van der Waals surface area contributed by atoms with E-state index in [-0.39, 0.29) is 11.3 Å². The number of benzene rings is 2. The molecule has 0 spiro atoms. The molecule has 0 radical (unpaired) electrons. The Bertz CT molecular complexity index is 1010. The van der Waals surface area contributed by atoms with Gasteiger partial charge >= 0.3 is 0 Å². The Morgan fingerprint density at radius 3 is 2.28 bits per heavy atom. The SMILES string of the molecule is Cc1ccc(C(O)c2ncc(Cl)cc2NC(=O)c2ccc(C(C)(C)C)cc2)cc1. The molecule has 2 aromatic carbocycles. The van der Waals surface area contributed by atoms with Crippen LogP contribution in [-0.2, 0) is 5.41 Å². The summed E-state index contributed by atoms with van der Waals surface area (Å²) in [7, 11) is 0. The van der Waals surface area contributed by atoms with E-state index in [0.717, 1.165) is 11.1 Å². The number of hydrogen-bond donors (Lipinski definition) is 2. The Hall–Kier alpha value is -2.69. The van der Waals surface area contributed by atoms with Crippen LogP contribution in [0.5, 0.6) is 0 Å². The van der Waals surface area contributed by atoms with Gasteiger partial charge in [0.15, 0.2) is 0 Å².